The van der Waals surface area contributed by atoms with Crippen molar-refractivity contribution in [1.82, 2.24) is 5.32 Å². The van der Waals surface area contributed by atoms with E-state index in [1.54, 1.807) is 0 Å². The number of carboxylic acids is 1. The molecule has 1 amide bonds. The highest BCUT2D eigenvalue weighted by atomic mass is 35.5. The fourth-order valence-electron chi connectivity index (χ4n) is 1.25. The fourth-order valence-corrected chi connectivity index (χ4v) is 1.41. The molecule has 18 heavy (non-hydrogen) atoms. The first-order chi connectivity index (χ1) is 8.40. The topological polar surface area (TPSA) is 78.4 Å². The van der Waals surface area contributed by atoms with Crippen molar-refractivity contribution in [2.75, 3.05) is 11.9 Å². The van der Waals surface area contributed by atoms with E-state index < -0.39 is 5.97 Å². The molecule has 0 saturated heterocycles. The zero-order valence-corrected chi connectivity index (χ0v) is 10.9. The molecule has 0 radical (unpaired) electrons. The molecule has 0 heterocycles. The zero-order valence-electron chi connectivity index (χ0n) is 10.2. The maximum Gasteiger partial charge on any atom is 0.335 e. The minimum absolute atomic E-state index is 0.0755. The maximum absolute atomic E-state index is 11.6. The highest BCUT2D eigenvalue weighted by molar-refractivity contribution is 6.33. The molecular formula is C12H15ClN2O3. The van der Waals surface area contributed by atoms with E-state index in [1.807, 2.05) is 13.8 Å². The number of hydrogen-bond donors (Lipinski definition) is 3. The number of nitrogens with one attached hydrogen (secondary N) is 2. The average Bonchev–Trinajstić information content (AvgIpc) is 2.29. The van der Waals surface area contributed by atoms with Crippen molar-refractivity contribution in [3.63, 3.8) is 0 Å². The lowest BCUT2D eigenvalue weighted by molar-refractivity contribution is -0.115. The standard InChI is InChI=1S/C12H15ClN2O3/c1-7(2)14-6-11(16)15-10-5-8(12(17)18)3-4-9(10)13/h3-5,7,14H,6H2,1-2H3,(H,15,16)(H,17,18). The van der Waals surface area contributed by atoms with Gasteiger partial charge in [-0.2, -0.15) is 0 Å². The Morgan fingerprint density at radius 1 is 1.39 bits per heavy atom. The number of hydrogen-bond acceptors (Lipinski definition) is 3. The molecule has 6 heteroatoms. The summed E-state index contributed by atoms with van der Waals surface area (Å²) in [6.07, 6.45) is 0. The number of carboxylic acid groups (broad SMARTS) is 1. The summed E-state index contributed by atoms with van der Waals surface area (Å²) in [6.45, 7) is 3.99. The van der Waals surface area contributed by atoms with Crippen LogP contribution in [0.5, 0.6) is 0 Å². The van der Waals surface area contributed by atoms with Crippen LogP contribution < -0.4 is 10.6 Å². The molecule has 0 aliphatic carbocycles. The van der Waals surface area contributed by atoms with Crippen LogP contribution in [0.15, 0.2) is 18.2 Å². The van der Waals surface area contributed by atoms with Gasteiger partial charge in [0.15, 0.2) is 0 Å². The first kappa shape index (κ1) is 14.5. The monoisotopic (exact) mass is 270 g/mol. The van der Waals surface area contributed by atoms with Crippen LogP contribution in [0.4, 0.5) is 5.69 Å². The third kappa shape index (κ3) is 4.35. The number of carbonyl (C=O) groups excluding carboxylic acids is 1. The summed E-state index contributed by atoms with van der Waals surface area (Å²) in [5.74, 6) is -1.34. The van der Waals surface area contributed by atoms with Crippen LogP contribution in [0.2, 0.25) is 5.02 Å². The predicted octanol–water partition coefficient (Wildman–Crippen LogP) is 1.97. The molecule has 0 saturated carbocycles. The minimum atomic E-state index is -1.07. The molecular weight excluding hydrogens is 256 g/mol. The van der Waals surface area contributed by atoms with E-state index in [1.165, 1.54) is 18.2 Å². The van der Waals surface area contributed by atoms with E-state index in [4.69, 9.17) is 16.7 Å². The first-order valence-corrected chi connectivity index (χ1v) is 5.84. The van der Waals surface area contributed by atoms with Crippen LogP contribution in [0.25, 0.3) is 0 Å². The van der Waals surface area contributed by atoms with E-state index in [0.717, 1.165) is 0 Å². The fraction of sp³-hybridized carbons (Fsp3) is 0.333. The van der Waals surface area contributed by atoms with Crippen LogP contribution in [-0.4, -0.2) is 29.6 Å². The quantitative estimate of drug-likeness (QED) is 0.764. The molecule has 98 valence electrons. The zero-order chi connectivity index (χ0) is 13.7. The van der Waals surface area contributed by atoms with Gasteiger partial charge in [0.2, 0.25) is 5.91 Å². The second-order valence-electron chi connectivity index (χ2n) is 4.08. The number of halogens is 1. The van der Waals surface area contributed by atoms with Gasteiger partial charge >= 0.3 is 5.97 Å². The molecule has 0 aromatic heterocycles. The van der Waals surface area contributed by atoms with E-state index in [0.29, 0.717) is 10.7 Å². The Balaban J connectivity index is 2.74. The minimum Gasteiger partial charge on any atom is -0.478 e. The van der Waals surface area contributed by atoms with Gasteiger partial charge in [-0.15, -0.1) is 0 Å². The van der Waals surface area contributed by atoms with E-state index >= 15 is 0 Å². The van der Waals surface area contributed by atoms with Crippen LogP contribution in [-0.2, 0) is 4.79 Å². The highest BCUT2D eigenvalue weighted by Gasteiger charge is 2.10. The SMILES string of the molecule is CC(C)NCC(=O)Nc1cc(C(=O)O)ccc1Cl. The normalized spacial score (nSPS) is 10.4. The van der Waals surface area contributed by atoms with Crippen LogP contribution in [0.1, 0.15) is 24.2 Å². The first-order valence-electron chi connectivity index (χ1n) is 5.46. The molecule has 0 fully saturated rings. The summed E-state index contributed by atoms with van der Waals surface area (Å²) in [7, 11) is 0. The van der Waals surface area contributed by atoms with Gasteiger partial charge in [-0.05, 0) is 18.2 Å². The average molecular weight is 271 g/mol. The van der Waals surface area contributed by atoms with Crippen molar-refractivity contribution in [3.05, 3.63) is 28.8 Å². The molecule has 0 spiro atoms. The van der Waals surface area contributed by atoms with E-state index in [9.17, 15) is 9.59 Å². The summed E-state index contributed by atoms with van der Waals surface area (Å²) in [5.41, 5.74) is 0.374. The highest BCUT2D eigenvalue weighted by Crippen LogP contribution is 2.22. The smallest absolute Gasteiger partial charge is 0.335 e. The Bertz CT molecular complexity index is 461. The van der Waals surface area contributed by atoms with Crippen molar-refractivity contribution in [3.8, 4) is 0 Å². The van der Waals surface area contributed by atoms with Crippen molar-refractivity contribution in [2.24, 2.45) is 0 Å². The number of carbonyl (C=O) groups is 2. The lowest BCUT2D eigenvalue weighted by Crippen LogP contribution is -2.32. The summed E-state index contributed by atoms with van der Waals surface area (Å²) in [5, 5.41) is 14.7. The Kier molecular flexibility index (Phi) is 5.12. The molecule has 1 aromatic rings. The van der Waals surface area contributed by atoms with Gasteiger partial charge in [0.05, 0.1) is 22.8 Å². The Labute approximate surface area is 110 Å². The predicted molar refractivity (Wildman–Crippen MR) is 70.2 cm³/mol. The molecule has 1 rings (SSSR count). The second kappa shape index (κ2) is 6.37. The molecule has 0 aliphatic rings. The van der Waals surface area contributed by atoms with Gasteiger partial charge in [-0.1, -0.05) is 25.4 Å². The van der Waals surface area contributed by atoms with Crippen molar-refractivity contribution in [1.29, 1.82) is 0 Å². The lowest BCUT2D eigenvalue weighted by Gasteiger charge is -2.10. The Morgan fingerprint density at radius 2 is 2.06 bits per heavy atom. The third-order valence-corrected chi connectivity index (χ3v) is 2.49. The number of amides is 1. The number of rotatable bonds is 5. The summed E-state index contributed by atoms with van der Waals surface area (Å²) >= 11 is 5.88. The molecule has 5 nitrogen and oxygen atoms in total. The molecule has 0 aliphatic heterocycles. The largest absolute Gasteiger partial charge is 0.478 e. The van der Waals surface area contributed by atoms with Gasteiger partial charge in [-0.3, -0.25) is 4.79 Å². The van der Waals surface area contributed by atoms with Gasteiger partial charge in [-0.25, -0.2) is 4.79 Å². The number of benzene rings is 1. The van der Waals surface area contributed by atoms with E-state index in [2.05, 4.69) is 10.6 Å². The third-order valence-electron chi connectivity index (χ3n) is 2.16. The van der Waals surface area contributed by atoms with Crippen LogP contribution >= 0.6 is 11.6 Å². The number of anilines is 1. The summed E-state index contributed by atoms with van der Waals surface area (Å²) in [6, 6.07) is 4.35. The van der Waals surface area contributed by atoms with E-state index in [-0.39, 0.29) is 24.1 Å². The lowest BCUT2D eigenvalue weighted by atomic mass is 10.2. The maximum atomic E-state index is 11.6. The molecule has 3 N–H and O–H groups in total. The Hall–Kier alpha value is -1.59. The molecule has 0 atom stereocenters. The Morgan fingerprint density at radius 3 is 2.61 bits per heavy atom. The summed E-state index contributed by atoms with van der Waals surface area (Å²) in [4.78, 5) is 22.4. The van der Waals surface area contributed by atoms with Gasteiger partial charge < -0.3 is 15.7 Å². The number of aromatic carboxylic acids is 1. The molecule has 1 aromatic carbocycles. The van der Waals surface area contributed by atoms with Crippen LogP contribution in [0.3, 0.4) is 0 Å². The van der Waals surface area contributed by atoms with Crippen molar-refractivity contribution in [2.45, 2.75) is 19.9 Å². The summed E-state index contributed by atoms with van der Waals surface area (Å²) < 4.78 is 0. The van der Waals surface area contributed by atoms with Gasteiger partial charge in [0.25, 0.3) is 0 Å². The molecule has 0 bridgehead atoms. The van der Waals surface area contributed by atoms with Gasteiger partial charge in [0, 0.05) is 6.04 Å². The van der Waals surface area contributed by atoms with Crippen LogP contribution in [0, 0.1) is 0 Å². The second-order valence-corrected chi connectivity index (χ2v) is 4.49. The van der Waals surface area contributed by atoms with Crippen molar-refractivity contribution < 1.29 is 14.7 Å². The van der Waals surface area contributed by atoms with Crippen molar-refractivity contribution >= 4 is 29.2 Å². The van der Waals surface area contributed by atoms with Gasteiger partial charge in [0.1, 0.15) is 0 Å². The molecule has 0 unspecified atom stereocenters.